The molecule has 22 heavy (non-hydrogen) atoms. The molecule has 1 aromatic rings. The van der Waals surface area contributed by atoms with E-state index in [2.05, 4.69) is 22.8 Å². The van der Waals surface area contributed by atoms with E-state index in [1.807, 2.05) is 12.1 Å². The number of ether oxygens (including phenoxy) is 1. The Morgan fingerprint density at radius 3 is 2.55 bits per heavy atom. The molecule has 0 aromatic heterocycles. The van der Waals surface area contributed by atoms with Crippen LogP contribution in [-0.4, -0.2) is 25.7 Å². The zero-order valence-electron chi connectivity index (χ0n) is 13.6. The number of rotatable bonds is 7. The molecule has 1 aromatic carbocycles. The number of aryl methyl sites for hydroxylation is 1. The average molecular weight is 304 g/mol. The fourth-order valence-corrected chi connectivity index (χ4v) is 2.93. The highest BCUT2D eigenvalue weighted by Gasteiger charge is 2.14. The van der Waals surface area contributed by atoms with Crippen LogP contribution < -0.4 is 15.4 Å². The molecule has 1 fully saturated rings. The van der Waals surface area contributed by atoms with Crippen molar-refractivity contribution in [1.82, 2.24) is 10.6 Å². The van der Waals surface area contributed by atoms with Crippen molar-refractivity contribution in [3.63, 3.8) is 0 Å². The monoisotopic (exact) mass is 304 g/mol. The predicted molar refractivity (Wildman–Crippen MR) is 89.3 cm³/mol. The number of amides is 2. The summed E-state index contributed by atoms with van der Waals surface area (Å²) in [4.78, 5) is 11.8. The van der Waals surface area contributed by atoms with E-state index in [-0.39, 0.29) is 6.03 Å². The minimum atomic E-state index is -0.00338. The van der Waals surface area contributed by atoms with E-state index in [1.165, 1.54) is 24.8 Å². The first-order valence-electron chi connectivity index (χ1n) is 8.45. The van der Waals surface area contributed by atoms with Crippen molar-refractivity contribution in [3.05, 3.63) is 29.8 Å². The lowest BCUT2D eigenvalue weighted by molar-refractivity contribution is 0.232. The molecule has 2 N–H and O–H groups in total. The molecule has 2 amide bonds. The van der Waals surface area contributed by atoms with Gasteiger partial charge in [0.25, 0.3) is 0 Å². The maximum atomic E-state index is 11.8. The number of hydrogen-bond acceptors (Lipinski definition) is 2. The molecular weight excluding hydrogens is 276 g/mol. The quantitative estimate of drug-likeness (QED) is 0.755. The summed E-state index contributed by atoms with van der Waals surface area (Å²) in [6, 6.07) is 8.56. The van der Waals surface area contributed by atoms with Gasteiger partial charge in [0.1, 0.15) is 5.75 Å². The lowest BCUT2D eigenvalue weighted by Gasteiger charge is -2.22. The molecule has 0 bridgehead atoms. The molecular formula is C18H28N2O2. The largest absolute Gasteiger partial charge is 0.497 e. The third-order valence-corrected chi connectivity index (χ3v) is 4.28. The van der Waals surface area contributed by atoms with Crippen molar-refractivity contribution in [2.75, 3.05) is 13.7 Å². The van der Waals surface area contributed by atoms with Gasteiger partial charge >= 0.3 is 6.03 Å². The van der Waals surface area contributed by atoms with Crippen LogP contribution in [0.2, 0.25) is 0 Å². The van der Waals surface area contributed by atoms with Crippen LogP contribution in [0.1, 0.15) is 50.5 Å². The molecule has 0 atom stereocenters. The molecule has 1 saturated carbocycles. The second kappa shape index (κ2) is 9.34. The predicted octanol–water partition coefficient (Wildman–Crippen LogP) is 3.65. The minimum Gasteiger partial charge on any atom is -0.497 e. The van der Waals surface area contributed by atoms with E-state index in [9.17, 15) is 4.79 Å². The summed E-state index contributed by atoms with van der Waals surface area (Å²) in [6.45, 7) is 0.745. The molecule has 0 aliphatic heterocycles. The summed E-state index contributed by atoms with van der Waals surface area (Å²) in [6.07, 6.45) is 9.18. The van der Waals surface area contributed by atoms with Crippen molar-refractivity contribution < 1.29 is 9.53 Å². The second-order valence-electron chi connectivity index (χ2n) is 6.04. The Labute approximate surface area is 133 Å². The van der Waals surface area contributed by atoms with Crippen LogP contribution in [0, 0.1) is 0 Å². The first-order valence-corrected chi connectivity index (χ1v) is 8.45. The summed E-state index contributed by atoms with van der Waals surface area (Å²) in [7, 11) is 1.68. The minimum absolute atomic E-state index is 0.00338. The Bertz CT molecular complexity index is 439. The smallest absolute Gasteiger partial charge is 0.315 e. The zero-order valence-corrected chi connectivity index (χ0v) is 13.6. The Hall–Kier alpha value is -1.71. The molecule has 4 heteroatoms. The van der Waals surface area contributed by atoms with Crippen LogP contribution in [0.3, 0.4) is 0 Å². The van der Waals surface area contributed by atoms with Gasteiger partial charge in [-0.3, -0.25) is 0 Å². The first kappa shape index (κ1) is 16.7. The van der Waals surface area contributed by atoms with Gasteiger partial charge < -0.3 is 15.4 Å². The highest BCUT2D eigenvalue weighted by molar-refractivity contribution is 5.74. The van der Waals surface area contributed by atoms with Crippen molar-refractivity contribution >= 4 is 6.03 Å². The number of methoxy groups -OCH3 is 1. The number of nitrogens with one attached hydrogen (secondary N) is 2. The number of unbranched alkanes of at least 4 members (excludes halogenated alkanes) is 1. The average Bonchev–Trinajstić information content (AvgIpc) is 2.56. The molecule has 1 aliphatic carbocycles. The number of carbonyl (C=O) groups excluding carboxylic acids is 1. The summed E-state index contributed by atoms with van der Waals surface area (Å²) in [5.74, 6) is 0.893. The Morgan fingerprint density at radius 2 is 1.86 bits per heavy atom. The van der Waals surface area contributed by atoms with Crippen LogP contribution in [0.15, 0.2) is 24.3 Å². The number of benzene rings is 1. The summed E-state index contributed by atoms with van der Waals surface area (Å²) < 4.78 is 5.15. The van der Waals surface area contributed by atoms with Gasteiger partial charge in [0, 0.05) is 12.6 Å². The molecule has 0 unspecified atom stereocenters. The third-order valence-electron chi connectivity index (χ3n) is 4.28. The van der Waals surface area contributed by atoms with E-state index < -0.39 is 0 Å². The van der Waals surface area contributed by atoms with Crippen LogP contribution in [0.4, 0.5) is 4.79 Å². The molecule has 0 heterocycles. The molecule has 0 spiro atoms. The van der Waals surface area contributed by atoms with E-state index in [0.29, 0.717) is 6.04 Å². The molecule has 122 valence electrons. The van der Waals surface area contributed by atoms with Gasteiger partial charge in [-0.1, -0.05) is 31.4 Å². The molecule has 2 rings (SSSR count). The molecule has 1 aliphatic rings. The highest BCUT2D eigenvalue weighted by atomic mass is 16.5. The zero-order chi connectivity index (χ0) is 15.6. The van der Waals surface area contributed by atoms with E-state index >= 15 is 0 Å². The van der Waals surface area contributed by atoms with E-state index in [1.54, 1.807) is 7.11 Å². The van der Waals surface area contributed by atoms with E-state index in [0.717, 1.165) is 44.4 Å². The maximum Gasteiger partial charge on any atom is 0.315 e. The van der Waals surface area contributed by atoms with Crippen LogP contribution >= 0.6 is 0 Å². The summed E-state index contributed by atoms with van der Waals surface area (Å²) in [5, 5.41) is 6.04. The van der Waals surface area contributed by atoms with Crippen LogP contribution in [0.5, 0.6) is 5.75 Å². The summed E-state index contributed by atoms with van der Waals surface area (Å²) >= 11 is 0. The van der Waals surface area contributed by atoms with Crippen molar-refractivity contribution in [2.24, 2.45) is 0 Å². The molecule has 0 saturated heterocycles. The van der Waals surface area contributed by atoms with Gasteiger partial charge in [0.15, 0.2) is 0 Å². The van der Waals surface area contributed by atoms with Gasteiger partial charge in [-0.05, 0) is 49.8 Å². The van der Waals surface area contributed by atoms with Gasteiger partial charge in [0.05, 0.1) is 7.11 Å². The standard InChI is InChI=1S/C18H28N2O2/c1-22-17-12-10-15(11-13-17)7-5-6-14-19-18(21)20-16-8-3-2-4-9-16/h10-13,16H,2-9,14H2,1H3,(H2,19,20,21). The van der Waals surface area contributed by atoms with Crippen LogP contribution in [0.25, 0.3) is 0 Å². The Kier molecular flexibility index (Phi) is 7.07. The van der Waals surface area contributed by atoms with E-state index in [4.69, 9.17) is 4.74 Å². The molecule has 4 nitrogen and oxygen atoms in total. The van der Waals surface area contributed by atoms with Crippen LogP contribution in [-0.2, 0) is 6.42 Å². The number of carbonyl (C=O) groups is 1. The lowest BCUT2D eigenvalue weighted by atomic mass is 9.96. The summed E-state index contributed by atoms with van der Waals surface area (Å²) in [5.41, 5.74) is 1.31. The fraction of sp³-hybridized carbons (Fsp3) is 0.611. The number of hydrogen-bond donors (Lipinski definition) is 2. The Balaban J connectivity index is 1.53. The topological polar surface area (TPSA) is 50.4 Å². The lowest BCUT2D eigenvalue weighted by Crippen LogP contribution is -2.43. The highest BCUT2D eigenvalue weighted by Crippen LogP contribution is 2.17. The fourth-order valence-electron chi connectivity index (χ4n) is 2.93. The second-order valence-corrected chi connectivity index (χ2v) is 6.04. The normalized spacial score (nSPS) is 15.3. The van der Waals surface area contributed by atoms with Crippen molar-refractivity contribution in [3.8, 4) is 5.75 Å². The first-order chi connectivity index (χ1) is 10.8. The van der Waals surface area contributed by atoms with Gasteiger partial charge in [-0.15, -0.1) is 0 Å². The SMILES string of the molecule is COc1ccc(CCCCNC(=O)NC2CCCCC2)cc1. The van der Waals surface area contributed by atoms with Gasteiger partial charge in [0.2, 0.25) is 0 Å². The third kappa shape index (κ3) is 5.96. The molecule has 0 radical (unpaired) electrons. The maximum absolute atomic E-state index is 11.8. The van der Waals surface area contributed by atoms with Crippen molar-refractivity contribution in [2.45, 2.75) is 57.4 Å². The van der Waals surface area contributed by atoms with Gasteiger partial charge in [-0.2, -0.15) is 0 Å². The number of urea groups is 1. The van der Waals surface area contributed by atoms with Gasteiger partial charge in [-0.25, -0.2) is 4.79 Å². The Morgan fingerprint density at radius 1 is 1.14 bits per heavy atom. The van der Waals surface area contributed by atoms with Crippen molar-refractivity contribution in [1.29, 1.82) is 0 Å².